The van der Waals surface area contributed by atoms with Gasteiger partial charge in [-0.15, -0.1) is 0 Å². The van der Waals surface area contributed by atoms with Crippen molar-refractivity contribution in [2.75, 3.05) is 13.1 Å². The zero-order valence-corrected chi connectivity index (χ0v) is 8.61. The summed E-state index contributed by atoms with van der Waals surface area (Å²) in [4.78, 5) is 24.1. The zero-order chi connectivity index (χ0) is 11.1. The Labute approximate surface area is 88.2 Å². The van der Waals surface area contributed by atoms with Gasteiger partial charge < -0.3 is 15.7 Å². The quantitative estimate of drug-likeness (QED) is 0.678. The smallest absolute Gasteiger partial charge is 0.325 e. The Balaban J connectivity index is 1.90. The van der Waals surface area contributed by atoms with Crippen LogP contribution in [0, 0.1) is 5.92 Å². The molecule has 5 nitrogen and oxygen atoms in total. The number of nitrogens with two attached hydrogens (primary N) is 1. The Hall–Kier alpha value is -1.10. The van der Waals surface area contributed by atoms with Crippen LogP contribution >= 0.6 is 0 Å². The Morgan fingerprint density at radius 1 is 1.47 bits per heavy atom. The molecular formula is C10H16N2O3. The molecule has 1 heterocycles. The fourth-order valence-electron chi connectivity index (χ4n) is 1.92. The lowest BCUT2D eigenvalue weighted by Crippen LogP contribution is -2.50. The SMILES string of the molecule is NC1(C(=O)O)CCN(C(=O)CC2CC2)C1. The van der Waals surface area contributed by atoms with Crippen molar-refractivity contribution < 1.29 is 14.7 Å². The molecule has 5 heteroatoms. The van der Waals surface area contributed by atoms with Crippen molar-refractivity contribution in [2.24, 2.45) is 11.7 Å². The lowest BCUT2D eigenvalue weighted by Gasteiger charge is -2.20. The van der Waals surface area contributed by atoms with E-state index in [4.69, 9.17) is 10.8 Å². The first-order valence-electron chi connectivity index (χ1n) is 5.31. The van der Waals surface area contributed by atoms with Crippen molar-refractivity contribution >= 4 is 11.9 Å². The van der Waals surface area contributed by atoms with E-state index in [0.717, 1.165) is 12.8 Å². The number of aliphatic carboxylic acids is 1. The molecule has 1 amide bonds. The third-order valence-electron chi connectivity index (χ3n) is 3.24. The minimum absolute atomic E-state index is 0.0612. The number of amides is 1. The molecule has 1 unspecified atom stereocenters. The maximum absolute atomic E-state index is 11.7. The zero-order valence-electron chi connectivity index (χ0n) is 8.61. The lowest BCUT2D eigenvalue weighted by molar-refractivity contribution is -0.143. The average molecular weight is 212 g/mol. The molecule has 1 saturated carbocycles. The van der Waals surface area contributed by atoms with Gasteiger partial charge in [0.05, 0.1) is 0 Å². The first kappa shape index (κ1) is 10.4. The molecule has 1 saturated heterocycles. The van der Waals surface area contributed by atoms with Crippen LogP contribution in [-0.2, 0) is 9.59 Å². The highest BCUT2D eigenvalue weighted by Crippen LogP contribution is 2.33. The van der Waals surface area contributed by atoms with E-state index in [-0.39, 0.29) is 12.5 Å². The molecule has 1 aliphatic carbocycles. The predicted molar refractivity (Wildman–Crippen MR) is 53.1 cm³/mol. The third-order valence-corrected chi connectivity index (χ3v) is 3.24. The number of carbonyl (C=O) groups excluding carboxylic acids is 1. The highest BCUT2D eigenvalue weighted by molar-refractivity contribution is 5.83. The van der Waals surface area contributed by atoms with Gasteiger partial charge in [-0.25, -0.2) is 0 Å². The molecule has 2 rings (SSSR count). The first-order chi connectivity index (χ1) is 7.01. The number of likely N-dealkylation sites (tertiary alicyclic amines) is 1. The predicted octanol–water partition coefficient (Wildman–Crippen LogP) is -0.199. The van der Waals surface area contributed by atoms with Crippen LogP contribution in [0.25, 0.3) is 0 Å². The fourth-order valence-corrected chi connectivity index (χ4v) is 1.92. The second kappa shape index (κ2) is 3.48. The van der Waals surface area contributed by atoms with Gasteiger partial charge in [-0.05, 0) is 25.2 Å². The normalized spacial score (nSPS) is 30.6. The van der Waals surface area contributed by atoms with Gasteiger partial charge in [0.25, 0.3) is 0 Å². The van der Waals surface area contributed by atoms with Gasteiger partial charge >= 0.3 is 5.97 Å². The molecule has 2 aliphatic rings. The van der Waals surface area contributed by atoms with Gasteiger partial charge in [-0.3, -0.25) is 9.59 Å². The van der Waals surface area contributed by atoms with Crippen molar-refractivity contribution in [3.8, 4) is 0 Å². The Kier molecular flexibility index (Phi) is 2.42. The van der Waals surface area contributed by atoms with Crippen LogP contribution in [0.15, 0.2) is 0 Å². The summed E-state index contributed by atoms with van der Waals surface area (Å²) >= 11 is 0. The summed E-state index contributed by atoms with van der Waals surface area (Å²) in [5.74, 6) is -0.412. The van der Waals surface area contributed by atoms with Crippen molar-refractivity contribution in [1.29, 1.82) is 0 Å². The van der Waals surface area contributed by atoms with Crippen molar-refractivity contribution in [2.45, 2.75) is 31.2 Å². The molecule has 1 atom stereocenters. The topological polar surface area (TPSA) is 83.6 Å². The minimum atomic E-state index is -1.22. The molecule has 0 aromatic rings. The van der Waals surface area contributed by atoms with Gasteiger partial charge in [-0.2, -0.15) is 0 Å². The minimum Gasteiger partial charge on any atom is -0.480 e. The molecular weight excluding hydrogens is 196 g/mol. The standard InChI is InChI=1S/C10H16N2O3/c11-10(9(14)15)3-4-12(6-10)8(13)5-7-1-2-7/h7H,1-6,11H2,(H,14,15). The summed E-state index contributed by atoms with van der Waals surface area (Å²) in [5.41, 5.74) is 4.46. The Morgan fingerprint density at radius 3 is 2.60 bits per heavy atom. The third kappa shape index (κ3) is 2.12. The van der Waals surface area contributed by atoms with Gasteiger partial charge in [0, 0.05) is 19.5 Å². The Morgan fingerprint density at radius 2 is 2.13 bits per heavy atom. The number of carboxylic acid groups (broad SMARTS) is 1. The summed E-state index contributed by atoms with van der Waals surface area (Å²) in [6.07, 6.45) is 3.19. The maximum atomic E-state index is 11.7. The van der Waals surface area contributed by atoms with Crippen molar-refractivity contribution in [1.82, 2.24) is 4.90 Å². The second-order valence-electron chi connectivity index (χ2n) is 4.67. The van der Waals surface area contributed by atoms with E-state index in [1.54, 1.807) is 4.90 Å². The number of rotatable bonds is 3. The van der Waals surface area contributed by atoms with E-state index < -0.39 is 11.5 Å². The summed E-state index contributed by atoms with van der Waals surface area (Å²) in [5, 5.41) is 8.90. The molecule has 3 N–H and O–H groups in total. The highest BCUT2D eigenvalue weighted by Gasteiger charge is 2.43. The van der Waals surface area contributed by atoms with E-state index in [0.29, 0.717) is 25.3 Å². The molecule has 2 fully saturated rings. The van der Waals surface area contributed by atoms with E-state index in [9.17, 15) is 9.59 Å². The molecule has 0 bridgehead atoms. The molecule has 0 aromatic carbocycles. The molecule has 0 aromatic heterocycles. The number of carboxylic acids is 1. The monoisotopic (exact) mass is 212 g/mol. The van der Waals surface area contributed by atoms with Crippen LogP contribution in [0.3, 0.4) is 0 Å². The number of nitrogens with zero attached hydrogens (tertiary/aromatic N) is 1. The van der Waals surface area contributed by atoms with Gasteiger partial charge in [0.1, 0.15) is 5.54 Å². The van der Waals surface area contributed by atoms with E-state index in [1.807, 2.05) is 0 Å². The molecule has 15 heavy (non-hydrogen) atoms. The lowest BCUT2D eigenvalue weighted by atomic mass is 10.0. The summed E-state index contributed by atoms with van der Waals surface area (Å²) in [6, 6.07) is 0. The summed E-state index contributed by atoms with van der Waals surface area (Å²) in [7, 11) is 0. The number of carbonyl (C=O) groups is 2. The van der Waals surface area contributed by atoms with Crippen molar-refractivity contribution in [3.63, 3.8) is 0 Å². The Bertz CT molecular complexity index is 301. The molecule has 84 valence electrons. The largest absolute Gasteiger partial charge is 0.480 e. The van der Waals surface area contributed by atoms with E-state index in [2.05, 4.69) is 0 Å². The van der Waals surface area contributed by atoms with Crippen LogP contribution in [0.2, 0.25) is 0 Å². The maximum Gasteiger partial charge on any atom is 0.325 e. The van der Waals surface area contributed by atoms with Crippen LogP contribution in [0.5, 0.6) is 0 Å². The van der Waals surface area contributed by atoms with Crippen LogP contribution in [0.1, 0.15) is 25.7 Å². The highest BCUT2D eigenvalue weighted by atomic mass is 16.4. The van der Waals surface area contributed by atoms with Crippen molar-refractivity contribution in [3.05, 3.63) is 0 Å². The van der Waals surface area contributed by atoms with E-state index >= 15 is 0 Å². The van der Waals surface area contributed by atoms with Gasteiger partial charge in [-0.1, -0.05) is 0 Å². The van der Waals surface area contributed by atoms with Crippen LogP contribution < -0.4 is 5.73 Å². The molecule has 0 spiro atoms. The fraction of sp³-hybridized carbons (Fsp3) is 0.800. The van der Waals surface area contributed by atoms with Gasteiger partial charge in [0.15, 0.2) is 0 Å². The summed E-state index contributed by atoms with van der Waals surface area (Å²) < 4.78 is 0. The second-order valence-corrected chi connectivity index (χ2v) is 4.67. The number of hydrogen-bond acceptors (Lipinski definition) is 3. The average Bonchev–Trinajstić information content (AvgIpc) is 2.87. The number of hydrogen-bond donors (Lipinski definition) is 2. The van der Waals surface area contributed by atoms with Crippen LogP contribution in [0.4, 0.5) is 0 Å². The molecule has 0 radical (unpaired) electrons. The van der Waals surface area contributed by atoms with Gasteiger partial charge in [0.2, 0.25) is 5.91 Å². The summed E-state index contributed by atoms with van der Waals surface area (Å²) in [6.45, 7) is 0.641. The van der Waals surface area contributed by atoms with E-state index in [1.165, 1.54) is 0 Å². The first-order valence-corrected chi connectivity index (χ1v) is 5.31. The van der Waals surface area contributed by atoms with Crippen LogP contribution in [-0.4, -0.2) is 40.5 Å². The molecule has 1 aliphatic heterocycles.